The highest BCUT2D eigenvalue weighted by Gasteiger charge is 2.26. The summed E-state index contributed by atoms with van der Waals surface area (Å²) in [5.41, 5.74) is 24.1. The van der Waals surface area contributed by atoms with Crippen LogP contribution in [0.2, 0.25) is 0 Å². The maximum absolute atomic E-state index is 2.49. The molecule has 0 N–H and O–H groups in total. The van der Waals surface area contributed by atoms with Crippen LogP contribution in [0.15, 0.2) is 485 Å². The highest BCUT2D eigenvalue weighted by atomic mass is 15.0. The van der Waals surface area contributed by atoms with Crippen molar-refractivity contribution >= 4 is 216 Å². The molecule has 4 aromatic heterocycles. The molecule has 0 radical (unpaired) electrons. The highest BCUT2D eigenvalue weighted by molar-refractivity contribution is 6.39. The van der Waals surface area contributed by atoms with Crippen LogP contribution in [0.25, 0.3) is 284 Å². The van der Waals surface area contributed by atoms with Crippen LogP contribution in [0.1, 0.15) is 0 Å². The Balaban J connectivity index is 0.000000132. The number of fused-ring (bicyclic) bond motifs is 34. The van der Waals surface area contributed by atoms with Crippen LogP contribution in [-0.2, 0) is 0 Å². The zero-order valence-corrected chi connectivity index (χ0v) is 74.0. The summed E-state index contributed by atoms with van der Waals surface area (Å²) in [5, 5.41) is 40.7. The van der Waals surface area contributed by atoms with Crippen LogP contribution in [0.3, 0.4) is 0 Å². The number of benzene rings is 26. The number of nitrogens with zero attached hydrogens (tertiary/aromatic N) is 4. The van der Waals surface area contributed by atoms with Gasteiger partial charge in [-0.1, -0.05) is 352 Å². The van der Waals surface area contributed by atoms with Crippen LogP contribution in [-0.4, -0.2) is 18.3 Å². The molecule has 26 aromatic carbocycles. The molecule has 0 saturated heterocycles. The average Bonchev–Trinajstić information content (AvgIpc) is 1.30. The van der Waals surface area contributed by atoms with E-state index in [1.807, 2.05) is 0 Å². The molecule has 30 rings (SSSR count). The summed E-state index contributed by atoms with van der Waals surface area (Å²) in [6, 6.07) is 180. The minimum Gasteiger partial charge on any atom is -0.309 e. The lowest BCUT2D eigenvalue weighted by Crippen LogP contribution is -1.97. The van der Waals surface area contributed by atoms with Crippen molar-refractivity contribution in [1.82, 2.24) is 18.3 Å². The average molecular weight is 1720 g/mol. The maximum Gasteiger partial charge on any atom is 0.0541 e. The van der Waals surface area contributed by atoms with E-state index in [-0.39, 0.29) is 0 Å². The Hall–Kier alpha value is -18.0. The van der Waals surface area contributed by atoms with Gasteiger partial charge in [0.1, 0.15) is 0 Å². The van der Waals surface area contributed by atoms with Crippen molar-refractivity contribution in [3.8, 4) is 67.3 Å². The Morgan fingerprint density at radius 2 is 0.404 bits per heavy atom. The summed E-state index contributed by atoms with van der Waals surface area (Å²) < 4.78 is 9.69. The van der Waals surface area contributed by atoms with E-state index in [1.54, 1.807) is 0 Å². The third-order valence-corrected chi connectivity index (χ3v) is 29.7. The Morgan fingerprint density at radius 3 is 0.853 bits per heavy atom. The van der Waals surface area contributed by atoms with Crippen molar-refractivity contribution in [2.75, 3.05) is 0 Å². The van der Waals surface area contributed by atoms with Crippen molar-refractivity contribution in [3.63, 3.8) is 0 Å². The fourth-order valence-electron chi connectivity index (χ4n) is 23.7. The summed E-state index contributed by atoms with van der Waals surface area (Å²) in [6.45, 7) is 0. The van der Waals surface area contributed by atoms with E-state index in [2.05, 4.69) is 504 Å². The SMILES string of the molecule is c1ccc(-n2c3ccccc3c3cc(-c4ccc5c(c4)c4ccccc4n5-c4ccc(-c5cc6c7ccccc7c7ccccc7c6c6c5ccc5ccccc56)c5ccccc45)ccc32)cc1.c1ccc(-n2c3ccccc3c3cc(-c4ccc5c(c4)c4ccccc4n5-c4ccc5cc(-c6cc7c8ccccc8c8ccccc8c7c7c6ccc6ccccc67)ccc5c4)ccc32)cc1. The molecule has 0 bridgehead atoms. The second kappa shape index (κ2) is 29.8. The summed E-state index contributed by atoms with van der Waals surface area (Å²) in [7, 11) is 0. The predicted molar refractivity (Wildman–Crippen MR) is 582 cm³/mol. The third kappa shape index (κ3) is 11.3. The molecule has 0 saturated carbocycles. The lowest BCUT2D eigenvalue weighted by Gasteiger charge is -2.19. The Morgan fingerprint density at radius 1 is 0.110 bits per heavy atom. The van der Waals surface area contributed by atoms with Gasteiger partial charge in [0.2, 0.25) is 0 Å². The zero-order valence-electron chi connectivity index (χ0n) is 74.0. The largest absolute Gasteiger partial charge is 0.309 e. The molecule has 4 heterocycles. The Labute approximate surface area is 781 Å². The van der Waals surface area contributed by atoms with Gasteiger partial charge in [0.05, 0.1) is 49.8 Å². The topological polar surface area (TPSA) is 19.7 Å². The second-order valence-corrected chi connectivity index (χ2v) is 36.7. The number of para-hydroxylation sites is 6. The molecule has 136 heavy (non-hydrogen) atoms. The molecule has 0 aliphatic heterocycles. The molecule has 0 aliphatic rings. The summed E-state index contributed by atoms with van der Waals surface area (Å²) in [4.78, 5) is 0. The predicted octanol–water partition coefficient (Wildman–Crippen LogP) is 36.3. The van der Waals surface area contributed by atoms with Crippen molar-refractivity contribution in [3.05, 3.63) is 485 Å². The molecular weight excluding hydrogens is 1640 g/mol. The molecule has 0 amide bonds. The molecule has 0 unspecified atom stereocenters. The van der Waals surface area contributed by atoms with Crippen LogP contribution in [0, 0.1) is 0 Å². The van der Waals surface area contributed by atoms with Crippen LogP contribution < -0.4 is 0 Å². The fraction of sp³-hybridized carbons (Fsp3) is 0. The van der Waals surface area contributed by atoms with Crippen LogP contribution in [0.5, 0.6) is 0 Å². The molecule has 628 valence electrons. The van der Waals surface area contributed by atoms with E-state index < -0.39 is 0 Å². The van der Waals surface area contributed by atoms with Crippen molar-refractivity contribution in [2.45, 2.75) is 0 Å². The smallest absolute Gasteiger partial charge is 0.0541 e. The molecular formula is C132H80N4. The fourth-order valence-corrected chi connectivity index (χ4v) is 23.7. The normalized spacial score (nSPS) is 12.1. The van der Waals surface area contributed by atoms with Gasteiger partial charge in [-0.2, -0.15) is 0 Å². The first-order chi connectivity index (χ1) is 67.5. The molecule has 0 atom stereocenters. The Kier molecular flexibility index (Phi) is 16.6. The lowest BCUT2D eigenvalue weighted by molar-refractivity contribution is 1.18. The quantitative estimate of drug-likeness (QED) is 0.135. The molecule has 4 heteroatoms. The van der Waals surface area contributed by atoms with Crippen molar-refractivity contribution in [2.24, 2.45) is 0 Å². The van der Waals surface area contributed by atoms with Gasteiger partial charge >= 0.3 is 0 Å². The zero-order chi connectivity index (χ0) is 88.9. The second-order valence-electron chi connectivity index (χ2n) is 36.7. The summed E-state index contributed by atoms with van der Waals surface area (Å²) in [6.07, 6.45) is 0. The van der Waals surface area contributed by atoms with Gasteiger partial charge < -0.3 is 18.3 Å². The van der Waals surface area contributed by atoms with Gasteiger partial charge in [-0.15, -0.1) is 0 Å². The van der Waals surface area contributed by atoms with Crippen molar-refractivity contribution < 1.29 is 0 Å². The number of hydrogen-bond donors (Lipinski definition) is 0. The molecule has 30 aromatic rings. The first-order valence-corrected chi connectivity index (χ1v) is 47.2. The highest BCUT2D eigenvalue weighted by Crippen LogP contribution is 2.52. The van der Waals surface area contributed by atoms with E-state index in [0.717, 1.165) is 5.69 Å². The molecule has 0 spiro atoms. The summed E-state index contributed by atoms with van der Waals surface area (Å²) in [5.74, 6) is 0. The maximum atomic E-state index is 2.49. The number of hydrogen-bond acceptors (Lipinski definition) is 0. The van der Waals surface area contributed by atoms with E-state index in [4.69, 9.17) is 0 Å². The minimum atomic E-state index is 1.15. The van der Waals surface area contributed by atoms with Gasteiger partial charge in [0, 0.05) is 65.5 Å². The van der Waals surface area contributed by atoms with Gasteiger partial charge in [-0.25, -0.2) is 0 Å². The van der Waals surface area contributed by atoms with E-state index in [9.17, 15) is 0 Å². The van der Waals surface area contributed by atoms with Crippen LogP contribution >= 0.6 is 0 Å². The number of rotatable bonds is 8. The lowest BCUT2D eigenvalue weighted by atomic mass is 9.84. The van der Waals surface area contributed by atoms with Gasteiger partial charge in [-0.3, -0.25) is 0 Å². The summed E-state index contributed by atoms with van der Waals surface area (Å²) >= 11 is 0. The monoisotopic (exact) mass is 1720 g/mol. The van der Waals surface area contributed by atoms with E-state index in [0.29, 0.717) is 0 Å². The van der Waals surface area contributed by atoms with Gasteiger partial charge in [-0.05, 0) is 302 Å². The molecule has 0 aliphatic carbocycles. The third-order valence-electron chi connectivity index (χ3n) is 29.7. The van der Waals surface area contributed by atoms with Crippen LogP contribution in [0.4, 0.5) is 0 Å². The minimum absolute atomic E-state index is 1.15. The van der Waals surface area contributed by atoms with E-state index in [1.165, 1.54) is 278 Å². The first kappa shape index (κ1) is 75.8. The van der Waals surface area contributed by atoms with Crippen molar-refractivity contribution in [1.29, 1.82) is 0 Å². The first-order valence-electron chi connectivity index (χ1n) is 47.2. The standard InChI is InChI=1S/2C66H40N2/c1-2-17-44(18-3-1)67-60-28-14-12-25-52(60)57-38-42(31-35-63(57)67)43-32-36-64-58(39-43)53-26-13-15-29-61(53)68(64)62-37-34-50(47-21-8-10-24-51(47)62)56-40-59-49-23-7-6-20-46(49)48-22-9-11-27-54(48)66(59)65-45-19-5-4-16-41(45)30-33-55(56)65;1-2-15-47(16-3-1)67-61-24-12-10-21-53(61)58-38-44(30-34-63(58)67)45-31-35-64-59(39-45)54-22-11-13-25-62(54)68(64)48-32-28-42-36-46(27-26-43(42)37-48)57-40-60-52-20-7-6-18-50(52)51-19-8-9-23-55(51)66(60)65-49-17-5-4-14-41(49)29-33-56(57)65/h2*1-40H. The van der Waals surface area contributed by atoms with Gasteiger partial charge in [0.25, 0.3) is 0 Å². The molecule has 0 fully saturated rings. The van der Waals surface area contributed by atoms with E-state index >= 15 is 0 Å². The molecule has 4 nitrogen and oxygen atoms in total. The van der Waals surface area contributed by atoms with Gasteiger partial charge in [0.15, 0.2) is 0 Å². The number of aromatic nitrogens is 4. The Bertz CT molecular complexity index is 10400.